The van der Waals surface area contributed by atoms with Gasteiger partial charge in [0, 0.05) is 25.9 Å². The van der Waals surface area contributed by atoms with Crippen molar-refractivity contribution in [2.24, 2.45) is 0 Å². The molecule has 0 aromatic carbocycles. The fourth-order valence-corrected chi connectivity index (χ4v) is 0.848. The molecule has 2 nitrogen and oxygen atoms in total. The highest BCUT2D eigenvalue weighted by atomic mass is 15.0. The molecule has 2 heteroatoms. The molecule has 0 heterocycles. The summed E-state index contributed by atoms with van der Waals surface area (Å²) in [6, 6.07) is 0. The predicted molar refractivity (Wildman–Crippen MR) is 45.6 cm³/mol. The van der Waals surface area contributed by atoms with Crippen molar-refractivity contribution in [1.82, 2.24) is 4.90 Å². The van der Waals surface area contributed by atoms with E-state index in [2.05, 4.69) is 19.3 Å². The zero-order chi connectivity index (χ0) is 8.15. The first kappa shape index (κ1) is 9.21. The lowest BCUT2D eigenvalue weighted by molar-refractivity contribution is -0.459. The number of nitrogens with zero attached hydrogens (tertiary/aromatic N) is 2. The van der Waals surface area contributed by atoms with Crippen molar-refractivity contribution >= 4 is 6.21 Å². The second-order valence-corrected chi connectivity index (χ2v) is 2.93. The van der Waals surface area contributed by atoms with Crippen LogP contribution in [0.15, 0.2) is 11.8 Å². The topological polar surface area (TPSA) is 6.25 Å². The second-order valence-electron chi connectivity index (χ2n) is 2.93. The van der Waals surface area contributed by atoms with E-state index in [1.165, 1.54) is 5.57 Å². The second kappa shape index (κ2) is 4.09. The largest absolute Gasteiger partial charge is 0.383 e. The molecule has 0 saturated heterocycles. The number of hydrogen-bond donors (Lipinski definition) is 0. The fourth-order valence-electron chi connectivity index (χ4n) is 0.848. The molecule has 0 rings (SSSR count). The van der Waals surface area contributed by atoms with E-state index in [9.17, 15) is 0 Å². The van der Waals surface area contributed by atoms with Crippen LogP contribution in [0, 0.1) is 0 Å². The van der Waals surface area contributed by atoms with Gasteiger partial charge in [-0.25, -0.2) is 4.58 Å². The Morgan fingerprint density at radius 1 is 1.30 bits per heavy atom. The molecule has 0 unspecified atom stereocenters. The van der Waals surface area contributed by atoms with Gasteiger partial charge in [-0.3, -0.25) is 0 Å². The van der Waals surface area contributed by atoms with Crippen molar-refractivity contribution in [2.45, 2.75) is 6.92 Å². The normalized spacial score (nSPS) is 11.1. The van der Waals surface area contributed by atoms with Crippen LogP contribution in [-0.2, 0) is 0 Å². The molecule has 0 aliphatic heterocycles. The Morgan fingerprint density at radius 2 is 1.80 bits per heavy atom. The molecule has 58 valence electrons. The van der Waals surface area contributed by atoms with Gasteiger partial charge in [0.25, 0.3) is 0 Å². The van der Waals surface area contributed by atoms with Crippen molar-refractivity contribution in [2.75, 3.05) is 28.2 Å². The van der Waals surface area contributed by atoms with Crippen LogP contribution in [0.2, 0.25) is 0 Å². The average molecular weight is 141 g/mol. The summed E-state index contributed by atoms with van der Waals surface area (Å²) < 4.78 is 2.04. The van der Waals surface area contributed by atoms with Gasteiger partial charge in [0.2, 0.25) is 0 Å². The van der Waals surface area contributed by atoms with Crippen molar-refractivity contribution in [3.05, 3.63) is 11.8 Å². The highest BCUT2D eigenvalue weighted by Gasteiger charge is 1.88. The molecule has 0 spiro atoms. The molecule has 0 aromatic heterocycles. The van der Waals surface area contributed by atoms with Gasteiger partial charge in [-0.1, -0.05) is 0 Å². The van der Waals surface area contributed by atoms with E-state index in [0.29, 0.717) is 0 Å². The van der Waals surface area contributed by atoms with E-state index < -0.39 is 0 Å². The summed E-state index contributed by atoms with van der Waals surface area (Å²) in [5.41, 5.74) is 1.26. The highest BCUT2D eigenvalue weighted by molar-refractivity contribution is 5.72. The molecule has 10 heavy (non-hydrogen) atoms. The van der Waals surface area contributed by atoms with Gasteiger partial charge in [0.05, 0.1) is 0 Å². The van der Waals surface area contributed by atoms with Gasteiger partial charge >= 0.3 is 0 Å². The Labute approximate surface area is 63.5 Å². The monoisotopic (exact) mass is 141 g/mol. The third kappa shape index (κ3) is 5.35. The van der Waals surface area contributed by atoms with Gasteiger partial charge in [0.1, 0.15) is 14.1 Å². The summed E-state index contributed by atoms with van der Waals surface area (Å²) in [6.45, 7) is 2.08. The first-order valence-electron chi connectivity index (χ1n) is 3.38. The number of rotatable bonds is 2. The minimum Gasteiger partial charge on any atom is -0.383 e. The first-order chi connectivity index (χ1) is 4.52. The van der Waals surface area contributed by atoms with Crippen LogP contribution in [-0.4, -0.2) is 43.9 Å². The Morgan fingerprint density at radius 3 is 2.10 bits per heavy atom. The third-order valence-corrected chi connectivity index (χ3v) is 0.924. The number of hydrogen-bond acceptors (Lipinski definition) is 1. The summed E-state index contributed by atoms with van der Waals surface area (Å²) in [7, 11) is 8.08. The lowest BCUT2D eigenvalue weighted by atomic mass is 10.3. The maximum Gasteiger partial charge on any atom is 0.167 e. The van der Waals surface area contributed by atoms with E-state index in [1.54, 1.807) is 0 Å². The van der Waals surface area contributed by atoms with Gasteiger partial charge in [-0.2, -0.15) is 0 Å². The lowest BCUT2D eigenvalue weighted by Gasteiger charge is -2.03. The van der Waals surface area contributed by atoms with Crippen molar-refractivity contribution < 1.29 is 4.58 Å². The highest BCUT2D eigenvalue weighted by Crippen LogP contribution is 1.87. The molecule has 0 aromatic rings. The smallest absolute Gasteiger partial charge is 0.167 e. The summed E-state index contributed by atoms with van der Waals surface area (Å²) in [5, 5.41) is 0. The lowest BCUT2D eigenvalue weighted by Crippen LogP contribution is -2.05. The first-order valence-corrected chi connectivity index (χ1v) is 3.38. The maximum atomic E-state index is 2.08. The molecule has 0 saturated carbocycles. The molecule has 0 aliphatic rings. The van der Waals surface area contributed by atoms with Crippen molar-refractivity contribution in [3.63, 3.8) is 0 Å². The Bertz CT molecular complexity index is 151. The van der Waals surface area contributed by atoms with Crippen LogP contribution >= 0.6 is 0 Å². The Balaban J connectivity index is 4.08. The van der Waals surface area contributed by atoms with Crippen LogP contribution in [0.4, 0.5) is 0 Å². The SMILES string of the molecule is C/C(C=[N+](C)C)=C/N(C)C. The van der Waals surface area contributed by atoms with Gasteiger partial charge in [0.15, 0.2) is 6.21 Å². The Hall–Kier alpha value is -0.790. The van der Waals surface area contributed by atoms with Crippen molar-refractivity contribution in [3.8, 4) is 0 Å². The fraction of sp³-hybridized carbons (Fsp3) is 0.625. The molecule has 0 N–H and O–H groups in total. The van der Waals surface area contributed by atoms with Crippen LogP contribution in [0.1, 0.15) is 6.92 Å². The molecular weight excluding hydrogens is 124 g/mol. The Kier molecular flexibility index (Phi) is 3.77. The van der Waals surface area contributed by atoms with Crippen LogP contribution in [0.25, 0.3) is 0 Å². The van der Waals surface area contributed by atoms with Gasteiger partial charge in [-0.15, -0.1) is 0 Å². The minimum absolute atomic E-state index is 1.26. The summed E-state index contributed by atoms with van der Waals surface area (Å²) in [5.74, 6) is 0. The molecule has 0 fully saturated rings. The molecular formula is C8H17N2+. The van der Waals surface area contributed by atoms with Crippen molar-refractivity contribution in [1.29, 1.82) is 0 Å². The standard InChI is InChI=1S/C8H17N2/c1-8(6-9(2)3)7-10(4)5/h6-7H,1-5H3/q+1. The quantitative estimate of drug-likeness (QED) is 0.407. The molecule has 0 atom stereocenters. The van der Waals surface area contributed by atoms with Gasteiger partial charge < -0.3 is 4.90 Å². The van der Waals surface area contributed by atoms with Crippen LogP contribution in [0.5, 0.6) is 0 Å². The van der Waals surface area contributed by atoms with Crippen LogP contribution in [0.3, 0.4) is 0 Å². The molecule has 0 aliphatic carbocycles. The predicted octanol–water partition coefficient (Wildman–Crippen LogP) is 0.795. The van der Waals surface area contributed by atoms with E-state index in [4.69, 9.17) is 0 Å². The minimum atomic E-state index is 1.26. The summed E-state index contributed by atoms with van der Waals surface area (Å²) in [4.78, 5) is 2.04. The van der Waals surface area contributed by atoms with Crippen LogP contribution < -0.4 is 0 Å². The van der Waals surface area contributed by atoms with E-state index in [1.807, 2.05) is 37.7 Å². The summed E-state index contributed by atoms with van der Waals surface area (Å²) in [6.07, 6.45) is 4.17. The zero-order valence-corrected chi connectivity index (χ0v) is 7.55. The number of allylic oxidation sites excluding steroid dienone is 1. The average Bonchev–Trinajstić information content (AvgIpc) is 1.58. The van der Waals surface area contributed by atoms with E-state index >= 15 is 0 Å². The molecule has 0 radical (unpaired) electrons. The van der Waals surface area contributed by atoms with Gasteiger partial charge in [-0.05, 0) is 6.92 Å². The van der Waals surface area contributed by atoms with E-state index in [0.717, 1.165) is 0 Å². The van der Waals surface area contributed by atoms with E-state index in [-0.39, 0.29) is 0 Å². The molecule has 0 amide bonds. The zero-order valence-electron chi connectivity index (χ0n) is 7.55. The molecule has 0 bridgehead atoms. The summed E-state index contributed by atoms with van der Waals surface area (Å²) >= 11 is 0. The third-order valence-electron chi connectivity index (χ3n) is 0.924. The maximum absolute atomic E-state index is 2.08.